The monoisotopic (exact) mass is 303 g/mol. The number of hydrogen-bond donors (Lipinski definition) is 1. The number of aryl methyl sites for hydroxylation is 1. The summed E-state index contributed by atoms with van der Waals surface area (Å²) in [5, 5.41) is 3.51. The van der Waals surface area contributed by atoms with E-state index in [1.165, 1.54) is 12.1 Å². The Hall–Kier alpha value is -1.23. The van der Waals surface area contributed by atoms with Gasteiger partial charge in [0.2, 0.25) is 0 Å². The molecule has 120 valence electrons. The fourth-order valence-corrected chi connectivity index (χ4v) is 2.18. The van der Waals surface area contributed by atoms with E-state index in [-0.39, 0.29) is 5.75 Å². The normalized spacial score (nSPS) is 13.5. The van der Waals surface area contributed by atoms with E-state index in [1.807, 2.05) is 0 Å². The SMILES string of the molecule is CCCNC(CCc1ccc(OC(F)(F)F)cc1)C(C)C. The largest absolute Gasteiger partial charge is 0.573 e. The van der Waals surface area contributed by atoms with Crippen molar-refractivity contribution < 1.29 is 17.9 Å². The van der Waals surface area contributed by atoms with Crippen molar-refractivity contribution in [1.29, 1.82) is 0 Å². The molecule has 0 aliphatic heterocycles. The summed E-state index contributed by atoms with van der Waals surface area (Å²) in [5.41, 5.74) is 1.02. The highest BCUT2D eigenvalue weighted by Crippen LogP contribution is 2.23. The maximum absolute atomic E-state index is 12.1. The second kappa shape index (κ2) is 8.27. The van der Waals surface area contributed by atoms with Crippen molar-refractivity contribution in [3.8, 4) is 5.75 Å². The summed E-state index contributed by atoms with van der Waals surface area (Å²) in [6, 6.07) is 6.55. The molecule has 0 heterocycles. The number of ether oxygens (including phenoxy) is 1. The molecule has 0 saturated carbocycles. The zero-order chi connectivity index (χ0) is 15.9. The summed E-state index contributed by atoms with van der Waals surface area (Å²) < 4.78 is 40.1. The van der Waals surface area contributed by atoms with E-state index in [4.69, 9.17) is 0 Å². The van der Waals surface area contributed by atoms with Crippen LogP contribution in [0.15, 0.2) is 24.3 Å². The molecular weight excluding hydrogens is 279 g/mol. The molecule has 1 atom stereocenters. The molecule has 0 saturated heterocycles. The fourth-order valence-electron chi connectivity index (χ4n) is 2.18. The van der Waals surface area contributed by atoms with Crippen molar-refractivity contribution in [2.75, 3.05) is 6.54 Å². The van der Waals surface area contributed by atoms with Crippen LogP contribution < -0.4 is 10.1 Å². The predicted octanol–water partition coefficient (Wildman–Crippen LogP) is 4.54. The van der Waals surface area contributed by atoms with Crippen LogP contribution in [0.4, 0.5) is 13.2 Å². The van der Waals surface area contributed by atoms with Gasteiger partial charge in [0.05, 0.1) is 0 Å². The lowest BCUT2D eigenvalue weighted by Crippen LogP contribution is -2.34. The molecule has 1 N–H and O–H groups in total. The summed E-state index contributed by atoms with van der Waals surface area (Å²) in [5.74, 6) is 0.361. The molecular formula is C16H24F3NO. The van der Waals surface area contributed by atoms with Crippen molar-refractivity contribution in [2.45, 2.75) is 52.4 Å². The average molecular weight is 303 g/mol. The number of hydrogen-bond acceptors (Lipinski definition) is 2. The van der Waals surface area contributed by atoms with E-state index in [1.54, 1.807) is 12.1 Å². The Morgan fingerprint density at radius 3 is 2.24 bits per heavy atom. The Labute approximate surface area is 124 Å². The molecule has 2 nitrogen and oxygen atoms in total. The van der Waals surface area contributed by atoms with E-state index in [2.05, 4.69) is 30.8 Å². The van der Waals surface area contributed by atoms with Gasteiger partial charge in [0.1, 0.15) is 5.75 Å². The number of rotatable bonds is 8. The van der Waals surface area contributed by atoms with E-state index in [0.717, 1.165) is 31.4 Å². The third-order valence-corrected chi connectivity index (χ3v) is 3.36. The molecule has 5 heteroatoms. The van der Waals surface area contributed by atoms with Gasteiger partial charge in [-0.1, -0.05) is 32.9 Å². The van der Waals surface area contributed by atoms with Gasteiger partial charge in [0.15, 0.2) is 0 Å². The molecule has 0 radical (unpaired) electrons. The Bertz CT molecular complexity index is 401. The first-order valence-electron chi connectivity index (χ1n) is 7.40. The first kappa shape index (κ1) is 17.8. The average Bonchev–Trinajstić information content (AvgIpc) is 2.38. The summed E-state index contributed by atoms with van der Waals surface area (Å²) in [6.07, 6.45) is -1.73. The predicted molar refractivity (Wildman–Crippen MR) is 78.4 cm³/mol. The molecule has 0 aromatic heterocycles. The van der Waals surface area contributed by atoms with Crippen LogP contribution in [0, 0.1) is 5.92 Å². The highest BCUT2D eigenvalue weighted by Gasteiger charge is 2.30. The fraction of sp³-hybridized carbons (Fsp3) is 0.625. The minimum atomic E-state index is -4.63. The van der Waals surface area contributed by atoms with Gasteiger partial charge in [0.25, 0.3) is 0 Å². The third kappa shape index (κ3) is 7.37. The molecule has 0 aliphatic rings. The standard InChI is InChI=1S/C16H24F3NO/c1-4-11-20-15(12(2)3)10-7-13-5-8-14(9-6-13)21-16(17,18)19/h5-6,8-9,12,15,20H,4,7,10-11H2,1-3H3. The van der Waals surface area contributed by atoms with Gasteiger partial charge < -0.3 is 10.1 Å². The Morgan fingerprint density at radius 2 is 1.76 bits per heavy atom. The molecule has 1 rings (SSSR count). The topological polar surface area (TPSA) is 21.3 Å². The second-order valence-electron chi connectivity index (χ2n) is 5.54. The number of halogens is 3. The van der Waals surface area contributed by atoms with E-state index < -0.39 is 6.36 Å². The molecule has 0 spiro atoms. The summed E-state index contributed by atoms with van der Waals surface area (Å²) in [7, 11) is 0. The lowest BCUT2D eigenvalue weighted by molar-refractivity contribution is -0.274. The Balaban J connectivity index is 2.51. The van der Waals surface area contributed by atoms with Crippen molar-refractivity contribution >= 4 is 0 Å². The zero-order valence-corrected chi connectivity index (χ0v) is 12.8. The molecule has 1 aromatic carbocycles. The van der Waals surface area contributed by atoms with Crippen LogP contribution in [0.3, 0.4) is 0 Å². The Kier molecular flexibility index (Phi) is 7.02. The van der Waals surface area contributed by atoms with Crippen LogP contribution in [-0.2, 0) is 6.42 Å². The quantitative estimate of drug-likeness (QED) is 0.761. The van der Waals surface area contributed by atoms with Crippen LogP contribution >= 0.6 is 0 Å². The first-order valence-corrected chi connectivity index (χ1v) is 7.40. The van der Waals surface area contributed by atoms with E-state index in [0.29, 0.717) is 12.0 Å². The van der Waals surface area contributed by atoms with Gasteiger partial charge in [-0.3, -0.25) is 0 Å². The van der Waals surface area contributed by atoms with Crippen molar-refractivity contribution in [2.24, 2.45) is 5.92 Å². The zero-order valence-electron chi connectivity index (χ0n) is 12.8. The van der Waals surface area contributed by atoms with E-state index in [9.17, 15) is 13.2 Å². The third-order valence-electron chi connectivity index (χ3n) is 3.36. The van der Waals surface area contributed by atoms with Gasteiger partial charge >= 0.3 is 6.36 Å². The highest BCUT2D eigenvalue weighted by atomic mass is 19.4. The van der Waals surface area contributed by atoms with Crippen LogP contribution in [0.5, 0.6) is 5.75 Å². The van der Waals surface area contributed by atoms with Gasteiger partial charge in [-0.05, 0) is 49.4 Å². The number of nitrogens with one attached hydrogen (secondary N) is 1. The maximum atomic E-state index is 12.1. The van der Waals surface area contributed by atoms with Crippen molar-refractivity contribution in [3.63, 3.8) is 0 Å². The molecule has 0 amide bonds. The summed E-state index contributed by atoms with van der Waals surface area (Å²) >= 11 is 0. The molecule has 0 fully saturated rings. The van der Waals surface area contributed by atoms with Crippen LogP contribution in [0.2, 0.25) is 0 Å². The molecule has 0 aliphatic carbocycles. The number of alkyl halides is 3. The maximum Gasteiger partial charge on any atom is 0.573 e. The molecule has 0 bridgehead atoms. The van der Waals surface area contributed by atoms with Gasteiger partial charge in [0, 0.05) is 6.04 Å². The minimum Gasteiger partial charge on any atom is -0.406 e. The highest BCUT2D eigenvalue weighted by molar-refractivity contribution is 5.27. The van der Waals surface area contributed by atoms with Crippen molar-refractivity contribution in [3.05, 3.63) is 29.8 Å². The van der Waals surface area contributed by atoms with Gasteiger partial charge in [-0.15, -0.1) is 13.2 Å². The smallest absolute Gasteiger partial charge is 0.406 e. The lowest BCUT2D eigenvalue weighted by Gasteiger charge is -2.22. The lowest BCUT2D eigenvalue weighted by atomic mass is 9.96. The van der Waals surface area contributed by atoms with E-state index >= 15 is 0 Å². The summed E-state index contributed by atoms with van der Waals surface area (Å²) in [6.45, 7) is 7.46. The van der Waals surface area contributed by atoms with Crippen LogP contribution in [-0.4, -0.2) is 18.9 Å². The van der Waals surface area contributed by atoms with Crippen molar-refractivity contribution in [1.82, 2.24) is 5.32 Å². The minimum absolute atomic E-state index is 0.171. The number of benzene rings is 1. The summed E-state index contributed by atoms with van der Waals surface area (Å²) in [4.78, 5) is 0. The molecule has 1 unspecified atom stereocenters. The van der Waals surface area contributed by atoms with Crippen LogP contribution in [0.25, 0.3) is 0 Å². The van der Waals surface area contributed by atoms with Crippen LogP contribution in [0.1, 0.15) is 39.2 Å². The molecule has 1 aromatic rings. The molecule has 21 heavy (non-hydrogen) atoms. The second-order valence-corrected chi connectivity index (χ2v) is 5.54. The Morgan fingerprint density at radius 1 is 1.14 bits per heavy atom. The first-order chi connectivity index (χ1) is 9.81. The van der Waals surface area contributed by atoms with Gasteiger partial charge in [-0.25, -0.2) is 0 Å². The van der Waals surface area contributed by atoms with Gasteiger partial charge in [-0.2, -0.15) is 0 Å².